The zero-order chi connectivity index (χ0) is 17.9. The molecule has 26 heavy (non-hydrogen) atoms. The number of aliphatic hydroxyl groups excluding tert-OH is 1. The largest absolute Gasteiger partial charge is 0.460 e. The molecule has 0 saturated carbocycles. The van der Waals surface area contributed by atoms with E-state index in [0.717, 1.165) is 36.3 Å². The highest BCUT2D eigenvalue weighted by Gasteiger charge is 2.24. The number of aromatic nitrogens is 2. The van der Waals surface area contributed by atoms with Crippen molar-refractivity contribution in [3.8, 4) is 11.3 Å². The van der Waals surface area contributed by atoms with Crippen LogP contribution in [-0.2, 0) is 19.5 Å². The third-order valence-electron chi connectivity index (χ3n) is 4.89. The third-order valence-corrected chi connectivity index (χ3v) is 4.89. The summed E-state index contributed by atoms with van der Waals surface area (Å²) >= 11 is 0. The monoisotopic (exact) mass is 355 g/mol. The van der Waals surface area contributed by atoms with Gasteiger partial charge in [-0.05, 0) is 55.7 Å². The first kappa shape index (κ1) is 17.0. The number of rotatable bonds is 6. The molecule has 2 aromatic heterocycles. The normalized spacial score (nSPS) is 16.6. The number of nitrogens with zero attached hydrogens (tertiary/aromatic N) is 2. The highest BCUT2D eigenvalue weighted by Crippen LogP contribution is 2.30. The van der Waals surface area contributed by atoms with Crippen molar-refractivity contribution in [2.24, 2.45) is 0 Å². The number of furan rings is 1. The second-order valence-corrected chi connectivity index (χ2v) is 6.59. The van der Waals surface area contributed by atoms with Crippen LogP contribution in [0, 0.1) is 5.82 Å². The van der Waals surface area contributed by atoms with Crippen LogP contribution in [0.4, 0.5) is 4.39 Å². The quantitative estimate of drug-likeness (QED) is 0.711. The van der Waals surface area contributed by atoms with Gasteiger partial charge in [0.2, 0.25) is 0 Å². The lowest BCUT2D eigenvalue weighted by molar-refractivity contribution is 0.266. The molecular formula is C20H22FN3O2. The Bertz CT molecular complexity index is 870. The Morgan fingerprint density at radius 2 is 2.08 bits per heavy atom. The molecule has 0 saturated heterocycles. The molecule has 3 aromatic rings. The highest BCUT2D eigenvalue weighted by atomic mass is 19.1. The zero-order valence-electron chi connectivity index (χ0n) is 14.5. The first-order valence-corrected chi connectivity index (χ1v) is 8.98. The van der Waals surface area contributed by atoms with E-state index in [-0.39, 0.29) is 18.5 Å². The van der Waals surface area contributed by atoms with E-state index < -0.39 is 0 Å². The zero-order valence-corrected chi connectivity index (χ0v) is 14.5. The fraction of sp³-hybridized carbons (Fsp3) is 0.350. The van der Waals surface area contributed by atoms with Gasteiger partial charge in [-0.25, -0.2) is 4.39 Å². The van der Waals surface area contributed by atoms with Gasteiger partial charge in [-0.1, -0.05) is 0 Å². The minimum Gasteiger partial charge on any atom is -0.460 e. The predicted molar refractivity (Wildman–Crippen MR) is 95.9 cm³/mol. The summed E-state index contributed by atoms with van der Waals surface area (Å²) < 4.78 is 20.8. The Morgan fingerprint density at radius 1 is 1.23 bits per heavy atom. The van der Waals surface area contributed by atoms with Gasteiger partial charge in [0, 0.05) is 22.9 Å². The maximum Gasteiger partial charge on any atom is 0.134 e. The Labute approximate surface area is 151 Å². The van der Waals surface area contributed by atoms with Crippen LogP contribution in [0.3, 0.4) is 0 Å². The highest BCUT2D eigenvalue weighted by molar-refractivity contribution is 5.57. The van der Waals surface area contributed by atoms with Gasteiger partial charge in [-0.15, -0.1) is 0 Å². The molecule has 1 atom stereocenters. The van der Waals surface area contributed by atoms with Crippen molar-refractivity contribution >= 4 is 0 Å². The molecule has 0 fully saturated rings. The van der Waals surface area contributed by atoms with E-state index in [1.165, 1.54) is 23.4 Å². The SMILES string of the molecule is OCCn1ncc2c1CCC[C@H]2NCc1ccc(-c2ccc(F)cc2)o1. The fourth-order valence-electron chi connectivity index (χ4n) is 3.58. The van der Waals surface area contributed by atoms with Crippen LogP contribution < -0.4 is 5.32 Å². The Balaban J connectivity index is 1.43. The van der Waals surface area contributed by atoms with Crippen LogP contribution in [0.2, 0.25) is 0 Å². The topological polar surface area (TPSA) is 63.2 Å². The second-order valence-electron chi connectivity index (χ2n) is 6.59. The van der Waals surface area contributed by atoms with Gasteiger partial charge in [0.1, 0.15) is 17.3 Å². The summed E-state index contributed by atoms with van der Waals surface area (Å²) in [7, 11) is 0. The molecular weight excluding hydrogens is 333 g/mol. The molecule has 1 aliphatic carbocycles. The van der Waals surface area contributed by atoms with Crippen molar-refractivity contribution in [1.82, 2.24) is 15.1 Å². The molecule has 0 amide bonds. The van der Waals surface area contributed by atoms with Gasteiger partial charge in [-0.3, -0.25) is 4.68 Å². The Kier molecular flexibility index (Phi) is 4.86. The summed E-state index contributed by atoms with van der Waals surface area (Å²) in [6, 6.07) is 10.4. The van der Waals surface area contributed by atoms with Gasteiger partial charge in [0.15, 0.2) is 0 Å². The van der Waals surface area contributed by atoms with Crippen LogP contribution in [-0.4, -0.2) is 21.5 Å². The van der Waals surface area contributed by atoms with Crippen LogP contribution in [0.1, 0.15) is 35.9 Å². The molecule has 136 valence electrons. The maximum atomic E-state index is 13.0. The molecule has 0 radical (unpaired) electrons. The van der Waals surface area contributed by atoms with Crippen molar-refractivity contribution in [1.29, 1.82) is 0 Å². The van der Waals surface area contributed by atoms with Gasteiger partial charge >= 0.3 is 0 Å². The molecule has 0 aliphatic heterocycles. The Morgan fingerprint density at radius 3 is 2.88 bits per heavy atom. The second kappa shape index (κ2) is 7.43. The number of benzene rings is 1. The summed E-state index contributed by atoms with van der Waals surface area (Å²) in [5.74, 6) is 1.33. The summed E-state index contributed by atoms with van der Waals surface area (Å²) in [5.41, 5.74) is 3.30. The molecule has 2 heterocycles. The van der Waals surface area contributed by atoms with Crippen molar-refractivity contribution in [2.45, 2.75) is 38.4 Å². The molecule has 2 N–H and O–H groups in total. The summed E-state index contributed by atoms with van der Waals surface area (Å²) in [6.45, 7) is 1.27. The van der Waals surface area contributed by atoms with Crippen molar-refractivity contribution in [2.75, 3.05) is 6.61 Å². The molecule has 1 aliphatic rings. The predicted octanol–water partition coefficient (Wildman–Crippen LogP) is 3.44. The van der Waals surface area contributed by atoms with Crippen LogP contribution in [0.25, 0.3) is 11.3 Å². The van der Waals surface area contributed by atoms with E-state index in [2.05, 4.69) is 10.4 Å². The molecule has 4 rings (SSSR count). The van der Waals surface area contributed by atoms with E-state index in [0.29, 0.717) is 13.1 Å². The van der Waals surface area contributed by atoms with Crippen LogP contribution >= 0.6 is 0 Å². The minimum atomic E-state index is -0.253. The molecule has 0 bridgehead atoms. The van der Waals surface area contributed by atoms with Gasteiger partial charge in [0.05, 0.1) is 25.9 Å². The number of halogens is 1. The average Bonchev–Trinajstić information content (AvgIpc) is 3.29. The average molecular weight is 355 g/mol. The Hall–Kier alpha value is -2.44. The molecule has 5 nitrogen and oxygen atoms in total. The third kappa shape index (κ3) is 3.43. The van der Waals surface area contributed by atoms with Crippen molar-refractivity contribution in [3.63, 3.8) is 0 Å². The summed E-state index contributed by atoms with van der Waals surface area (Å²) in [6.07, 6.45) is 5.07. The number of nitrogens with one attached hydrogen (secondary N) is 1. The smallest absolute Gasteiger partial charge is 0.134 e. The first-order valence-electron chi connectivity index (χ1n) is 8.98. The first-order chi connectivity index (χ1) is 12.7. The number of hydrogen-bond donors (Lipinski definition) is 2. The lowest BCUT2D eigenvalue weighted by Gasteiger charge is -2.24. The van der Waals surface area contributed by atoms with Gasteiger partial charge < -0.3 is 14.8 Å². The molecule has 0 unspecified atom stereocenters. The van der Waals surface area contributed by atoms with Crippen LogP contribution in [0.15, 0.2) is 47.0 Å². The number of fused-ring (bicyclic) bond motifs is 1. The minimum absolute atomic E-state index is 0.102. The van der Waals surface area contributed by atoms with E-state index >= 15 is 0 Å². The van der Waals surface area contributed by atoms with Crippen molar-refractivity contribution in [3.05, 3.63) is 65.4 Å². The lowest BCUT2D eigenvalue weighted by atomic mass is 9.93. The molecule has 0 spiro atoms. The number of hydrogen-bond acceptors (Lipinski definition) is 4. The summed E-state index contributed by atoms with van der Waals surface area (Å²) in [4.78, 5) is 0. The van der Waals surface area contributed by atoms with Crippen LogP contribution in [0.5, 0.6) is 0 Å². The van der Waals surface area contributed by atoms with E-state index in [1.807, 2.05) is 23.0 Å². The van der Waals surface area contributed by atoms with Gasteiger partial charge in [0.25, 0.3) is 0 Å². The maximum absolute atomic E-state index is 13.0. The molecule has 6 heteroatoms. The standard InChI is InChI=1S/C20H22FN3O2/c21-15-6-4-14(5-7-15)20-9-8-16(26-20)12-22-18-2-1-3-19-17(18)13-23-24(19)10-11-25/h4-9,13,18,22,25H,1-3,10-12H2/t18-/m1/s1. The van der Waals surface area contributed by atoms with Gasteiger partial charge in [-0.2, -0.15) is 5.10 Å². The molecule has 1 aromatic carbocycles. The van der Waals surface area contributed by atoms with E-state index in [9.17, 15) is 4.39 Å². The summed E-state index contributed by atoms with van der Waals surface area (Å²) in [5, 5.41) is 17.1. The van der Waals surface area contributed by atoms with E-state index in [4.69, 9.17) is 9.52 Å². The fourth-order valence-corrected chi connectivity index (χ4v) is 3.58. The lowest BCUT2D eigenvalue weighted by Crippen LogP contribution is -2.25. The number of aliphatic hydroxyl groups is 1. The van der Waals surface area contributed by atoms with Crippen molar-refractivity contribution < 1.29 is 13.9 Å². The van der Waals surface area contributed by atoms with E-state index in [1.54, 1.807) is 12.1 Å².